The first-order valence-electron chi connectivity index (χ1n) is 8.05. The third kappa shape index (κ3) is 2.42. The lowest BCUT2D eigenvalue weighted by atomic mass is 9.88. The predicted octanol–water partition coefficient (Wildman–Crippen LogP) is 3.13. The van der Waals surface area contributed by atoms with Gasteiger partial charge in [-0.1, -0.05) is 6.42 Å². The van der Waals surface area contributed by atoms with Crippen molar-refractivity contribution in [3.8, 4) is 0 Å². The molecule has 4 atom stereocenters. The van der Waals surface area contributed by atoms with Gasteiger partial charge in [0, 0.05) is 19.4 Å². The highest BCUT2D eigenvalue weighted by Gasteiger charge is 2.39. The molecule has 4 nitrogen and oxygen atoms in total. The van der Waals surface area contributed by atoms with Crippen LogP contribution < -0.4 is 5.32 Å². The van der Waals surface area contributed by atoms with Crippen LogP contribution in [-0.2, 0) is 7.05 Å². The third-order valence-corrected chi connectivity index (χ3v) is 5.41. The number of aryl methyl sites for hydroxylation is 1. The molecule has 4 rings (SSSR count). The molecule has 0 aromatic carbocycles. The molecule has 2 aromatic rings. The monoisotopic (exact) mass is 285 g/mol. The number of hydrogen-bond donors (Lipinski definition) is 1. The van der Waals surface area contributed by atoms with Gasteiger partial charge in [-0.3, -0.25) is 0 Å². The number of furan rings is 1. The van der Waals surface area contributed by atoms with Crippen LogP contribution in [0, 0.1) is 17.8 Å². The first-order valence-corrected chi connectivity index (χ1v) is 8.05. The van der Waals surface area contributed by atoms with Crippen LogP contribution in [0.3, 0.4) is 0 Å². The summed E-state index contributed by atoms with van der Waals surface area (Å²) in [6.45, 7) is 1.07. The summed E-state index contributed by atoms with van der Waals surface area (Å²) in [6.07, 6.45) is 11.3. The zero-order valence-corrected chi connectivity index (χ0v) is 12.5. The molecule has 2 saturated carbocycles. The fourth-order valence-corrected chi connectivity index (χ4v) is 4.33. The van der Waals surface area contributed by atoms with Crippen LogP contribution in [0.15, 0.2) is 35.2 Å². The van der Waals surface area contributed by atoms with E-state index < -0.39 is 0 Å². The van der Waals surface area contributed by atoms with Crippen molar-refractivity contribution in [2.24, 2.45) is 24.8 Å². The van der Waals surface area contributed by atoms with Gasteiger partial charge >= 0.3 is 0 Å². The Morgan fingerprint density at radius 3 is 3.00 bits per heavy atom. The van der Waals surface area contributed by atoms with Crippen molar-refractivity contribution in [1.82, 2.24) is 14.9 Å². The number of aromatic nitrogens is 2. The zero-order valence-electron chi connectivity index (χ0n) is 12.5. The Morgan fingerprint density at radius 1 is 1.43 bits per heavy atom. The van der Waals surface area contributed by atoms with Gasteiger partial charge in [0.25, 0.3) is 0 Å². The maximum Gasteiger partial charge on any atom is 0.133 e. The molecule has 4 heteroatoms. The maximum atomic E-state index is 5.64. The van der Waals surface area contributed by atoms with Gasteiger partial charge in [-0.05, 0) is 55.7 Å². The molecular formula is C17H23N3O. The fraction of sp³-hybridized carbons (Fsp3) is 0.588. The molecule has 1 N–H and O–H groups in total. The third-order valence-electron chi connectivity index (χ3n) is 5.41. The van der Waals surface area contributed by atoms with Crippen molar-refractivity contribution in [2.45, 2.75) is 31.7 Å². The highest BCUT2D eigenvalue weighted by molar-refractivity contribution is 5.15. The van der Waals surface area contributed by atoms with Crippen LogP contribution in [0.25, 0.3) is 0 Å². The van der Waals surface area contributed by atoms with E-state index in [0.29, 0.717) is 0 Å². The number of fused-ring (bicyclic) bond motifs is 2. The SMILES string of the molecule is Cn1ccnc1C(NCC1CC2CCC1C2)c1ccco1. The topological polar surface area (TPSA) is 43.0 Å². The van der Waals surface area contributed by atoms with E-state index in [1.807, 2.05) is 31.6 Å². The van der Waals surface area contributed by atoms with Crippen LogP contribution in [0.5, 0.6) is 0 Å². The summed E-state index contributed by atoms with van der Waals surface area (Å²) in [7, 11) is 2.04. The highest BCUT2D eigenvalue weighted by Crippen LogP contribution is 2.48. The van der Waals surface area contributed by atoms with Gasteiger partial charge < -0.3 is 14.3 Å². The molecule has 2 aliphatic rings. The fourth-order valence-electron chi connectivity index (χ4n) is 4.33. The van der Waals surface area contributed by atoms with Gasteiger partial charge in [-0.2, -0.15) is 0 Å². The lowest BCUT2D eigenvalue weighted by molar-refractivity contribution is 0.302. The second kappa shape index (κ2) is 5.34. The molecule has 2 aliphatic carbocycles. The van der Waals surface area contributed by atoms with Crippen LogP contribution >= 0.6 is 0 Å². The van der Waals surface area contributed by atoms with Crippen LogP contribution in [-0.4, -0.2) is 16.1 Å². The normalized spacial score (nSPS) is 29.1. The van der Waals surface area contributed by atoms with Crippen molar-refractivity contribution in [3.63, 3.8) is 0 Å². The molecule has 112 valence electrons. The molecule has 2 aromatic heterocycles. The molecule has 2 heterocycles. The van der Waals surface area contributed by atoms with E-state index in [-0.39, 0.29) is 6.04 Å². The Morgan fingerprint density at radius 2 is 2.38 bits per heavy atom. The van der Waals surface area contributed by atoms with Crippen LogP contribution in [0.2, 0.25) is 0 Å². The largest absolute Gasteiger partial charge is 0.467 e. The van der Waals surface area contributed by atoms with Gasteiger partial charge in [0.05, 0.1) is 6.26 Å². The number of hydrogen-bond acceptors (Lipinski definition) is 3. The van der Waals surface area contributed by atoms with E-state index >= 15 is 0 Å². The molecule has 4 unspecified atom stereocenters. The Balaban J connectivity index is 1.50. The van der Waals surface area contributed by atoms with Crippen LogP contribution in [0.1, 0.15) is 43.3 Å². The molecular weight excluding hydrogens is 262 g/mol. The van der Waals surface area contributed by atoms with Crippen molar-refractivity contribution in [2.75, 3.05) is 6.54 Å². The summed E-state index contributed by atoms with van der Waals surface area (Å²) >= 11 is 0. The second-order valence-electron chi connectivity index (χ2n) is 6.69. The van der Waals surface area contributed by atoms with Gasteiger partial charge in [0.2, 0.25) is 0 Å². The molecule has 21 heavy (non-hydrogen) atoms. The van der Waals surface area contributed by atoms with E-state index in [0.717, 1.165) is 35.9 Å². The van der Waals surface area contributed by atoms with Crippen molar-refractivity contribution in [3.05, 3.63) is 42.4 Å². The van der Waals surface area contributed by atoms with E-state index in [4.69, 9.17) is 4.42 Å². The quantitative estimate of drug-likeness (QED) is 0.918. The van der Waals surface area contributed by atoms with Crippen molar-refractivity contribution >= 4 is 0 Å². The maximum absolute atomic E-state index is 5.64. The number of imidazole rings is 1. The summed E-state index contributed by atoms with van der Waals surface area (Å²) in [6, 6.07) is 4.04. The van der Waals surface area contributed by atoms with E-state index in [1.165, 1.54) is 25.7 Å². The van der Waals surface area contributed by atoms with E-state index in [1.54, 1.807) is 6.26 Å². The van der Waals surface area contributed by atoms with Gasteiger partial charge in [-0.25, -0.2) is 4.98 Å². The minimum Gasteiger partial charge on any atom is -0.467 e. The smallest absolute Gasteiger partial charge is 0.133 e. The molecule has 2 bridgehead atoms. The Labute approximate surface area is 125 Å². The predicted molar refractivity (Wildman–Crippen MR) is 80.7 cm³/mol. The number of rotatable bonds is 5. The van der Waals surface area contributed by atoms with E-state index in [2.05, 4.69) is 14.9 Å². The summed E-state index contributed by atoms with van der Waals surface area (Å²) in [5, 5.41) is 3.72. The lowest BCUT2D eigenvalue weighted by Crippen LogP contribution is -2.31. The second-order valence-corrected chi connectivity index (χ2v) is 6.69. The van der Waals surface area contributed by atoms with Crippen LogP contribution in [0.4, 0.5) is 0 Å². The molecule has 0 spiro atoms. The average molecular weight is 285 g/mol. The first kappa shape index (κ1) is 13.1. The highest BCUT2D eigenvalue weighted by atomic mass is 16.3. The van der Waals surface area contributed by atoms with Gasteiger partial charge in [0.1, 0.15) is 17.6 Å². The molecule has 2 fully saturated rings. The van der Waals surface area contributed by atoms with Crippen molar-refractivity contribution in [1.29, 1.82) is 0 Å². The standard InChI is InChI=1S/C17H23N3O/c1-20-7-6-18-17(20)16(15-3-2-8-21-15)19-11-14-10-12-4-5-13(14)9-12/h2-3,6-8,12-14,16,19H,4-5,9-11H2,1H3. The Kier molecular flexibility index (Phi) is 3.34. The number of nitrogens with zero attached hydrogens (tertiary/aromatic N) is 2. The summed E-state index contributed by atoms with van der Waals surface area (Å²) in [4.78, 5) is 4.51. The Bertz CT molecular complexity index is 589. The molecule has 0 aliphatic heterocycles. The van der Waals surface area contributed by atoms with Crippen molar-refractivity contribution < 1.29 is 4.42 Å². The first-order chi connectivity index (χ1) is 10.3. The number of nitrogens with one attached hydrogen (secondary N) is 1. The molecule has 0 radical (unpaired) electrons. The zero-order chi connectivity index (χ0) is 14.2. The minimum absolute atomic E-state index is 0.0547. The minimum atomic E-state index is 0.0547. The molecule has 0 saturated heterocycles. The average Bonchev–Trinajstić information content (AvgIpc) is 3.24. The van der Waals surface area contributed by atoms with Gasteiger partial charge in [0.15, 0.2) is 0 Å². The summed E-state index contributed by atoms with van der Waals surface area (Å²) in [5.41, 5.74) is 0. The van der Waals surface area contributed by atoms with E-state index in [9.17, 15) is 0 Å². The van der Waals surface area contributed by atoms with Gasteiger partial charge in [-0.15, -0.1) is 0 Å². The summed E-state index contributed by atoms with van der Waals surface area (Å²) in [5.74, 6) is 4.75. The molecule has 0 amide bonds. The lowest BCUT2D eigenvalue weighted by Gasteiger charge is -2.24. The Hall–Kier alpha value is -1.55. The summed E-state index contributed by atoms with van der Waals surface area (Å²) < 4.78 is 7.71.